The van der Waals surface area contributed by atoms with Gasteiger partial charge in [-0.15, -0.1) is 0 Å². The molecular weight excluding hydrogens is 140 g/mol. The summed E-state index contributed by atoms with van der Waals surface area (Å²) in [5, 5.41) is 0. The second-order valence-corrected chi connectivity index (χ2v) is 2.81. The maximum Gasteiger partial charge on any atom is 0.254 e. The van der Waals surface area contributed by atoms with Gasteiger partial charge in [-0.1, -0.05) is 0 Å². The van der Waals surface area contributed by atoms with Crippen LogP contribution in [0.4, 0.5) is 0 Å². The molecule has 3 heteroatoms. The number of rotatable bonds is 0. The molecule has 0 fully saturated rings. The van der Waals surface area contributed by atoms with Crippen molar-refractivity contribution in [1.82, 2.24) is 9.97 Å². The fraction of sp³-hybridized carbons (Fsp3) is 0.500. The third-order valence-electron chi connectivity index (χ3n) is 2.07. The molecule has 0 aliphatic heterocycles. The third-order valence-corrected chi connectivity index (χ3v) is 2.07. The monoisotopic (exact) mass is 149 g/mol. The van der Waals surface area contributed by atoms with Gasteiger partial charge in [0.15, 0.2) is 6.33 Å². The third kappa shape index (κ3) is 1.06. The number of H-pyrrole nitrogens is 1. The van der Waals surface area contributed by atoms with Gasteiger partial charge in [-0.3, -0.25) is 4.79 Å². The van der Waals surface area contributed by atoms with E-state index in [1.54, 1.807) is 0 Å². The zero-order chi connectivity index (χ0) is 7.68. The van der Waals surface area contributed by atoms with Gasteiger partial charge in [0.1, 0.15) is 0 Å². The molecule has 0 saturated carbocycles. The van der Waals surface area contributed by atoms with Gasteiger partial charge in [-0.25, -0.2) is 4.98 Å². The molecule has 57 valence electrons. The summed E-state index contributed by atoms with van der Waals surface area (Å²) in [7, 11) is 0. The quantitative estimate of drug-likeness (QED) is 0.582. The summed E-state index contributed by atoms with van der Waals surface area (Å²) in [5.41, 5.74) is 1.81. The Morgan fingerprint density at radius 3 is 3.00 bits per heavy atom. The Bertz CT molecular complexity index is 316. The van der Waals surface area contributed by atoms with Gasteiger partial charge in [0, 0.05) is 5.56 Å². The lowest BCUT2D eigenvalue weighted by atomic mass is 9.97. The Morgan fingerprint density at radius 1 is 1.36 bits per heavy atom. The van der Waals surface area contributed by atoms with Crippen LogP contribution in [0.15, 0.2) is 4.79 Å². The Kier molecular flexibility index (Phi) is 1.49. The van der Waals surface area contributed by atoms with Crippen molar-refractivity contribution in [3.63, 3.8) is 0 Å². The minimum Gasteiger partial charge on any atom is -0.304 e. The van der Waals surface area contributed by atoms with Gasteiger partial charge in [-0.2, -0.15) is 0 Å². The van der Waals surface area contributed by atoms with E-state index in [0.29, 0.717) is 0 Å². The van der Waals surface area contributed by atoms with E-state index < -0.39 is 0 Å². The fourth-order valence-electron chi connectivity index (χ4n) is 1.48. The predicted molar refractivity (Wildman–Crippen MR) is 40.3 cm³/mol. The second kappa shape index (κ2) is 2.49. The van der Waals surface area contributed by atoms with Crippen LogP contribution in [0.3, 0.4) is 0 Å². The van der Waals surface area contributed by atoms with Crippen LogP contribution in [-0.4, -0.2) is 9.97 Å². The number of nitrogens with one attached hydrogen (secondary N) is 1. The van der Waals surface area contributed by atoms with Crippen molar-refractivity contribution in [2.45, 2.75) is 25.7 Å². The molecule has 0 saturated heterocycles. The molecule has 0 aromatic carbocycles. The average Bonchev–Trinajstić information content (AvgIpc) is 2.06. The van der Waals surface area contributed by atoms with Gasteiger partial charge in [0.05, 0.1) is 5.69 Å². The molecule has 1 aromatic rings. The topological polar surface area (TPSA) is 45.8 Å². The minimum atomic E-state index is -0.00491. The lowest BCUT2D eigenvalue weighted by molar-refractivity contribution is 0.655. The maximum atomic E-state index is 11.1. The normalized spacial score (nSPS) is 16.0. The second-order valence-electron chi connectivity index (χ2n) is 2.81. The van der Waals surface area contributed by atoms with Crippen LogP contribution in [0.2, 0.25) is 0 Å². The van der Waals surface area contributed by atoms with Crippen molar-refractivity contribution < 1.29 is 0 Å². The highest BCUT2D eigenvalue weighted by Crippen LogP contribution is 2.13. The lowest BCUT2D eigenvalue weighted by Crippen LogP contribution is -2.19. The number of nitrogens with zero attached hydrogens (tertiary/aromatic N) is 1. The van der Waals surface area contributed by atoms with Crippen LogP contribution in [-0.2, 0) is 12.8 Å². The molecule has 0 amide bonds. The summed E-state index contributed by atoms with van der Waals surface area (Å²) in [6.45, 7) is 0. The van der Waals surface area contributed by atoms with Crippen molar-refractivity contribution in [3.8, 4) is 0 Å². The van der Waals surface area contributed by atoms with Crippen molar-refractivity contribution in [2.24, 2.45) is 0 Å². The molecule has 1 aliphatic rings. The SMILES string of the molecule is O=c1[nH][c]nc2c1CCCC2. The van der Waals surface area contributed by atoms with Gasteiger partial charge in [-0.05, 0) is 25.7 Å². The Balaban J connectivity index is 2.58. The standard InChI is InChI=1S/C8H9N2O/c11-8-6-3-1-2-4-7(6)9-5-10-8/h1-4H2,(H,9,10,11). The number of aryl methyl sites for hydroxylation is 1. The summed E-state index contributed by atoms with van der Waals surface area (Å²) < 4.78 is 0. The number of aromatic amines is 1. The van der Waals surface area contributed by atoms with E-state index in [1.165, 1.54) is 0 Å². The van der Waals surface area contributed by atoms with E-state index in [9.17, 15) is 4.79 Å². The Morgan fingerprint density at radius 2 is 2.18 bits per heavy atom. The zero-order valence-electron chi connectivity index (χ0n) is 6.18. The Hall–Kier alpha value is -1.12. The summed E-state index contributed by atoms with van der Waals surface area (Å²) in [6.07, 6.45) is 6.59. The molecule has 1 heterocycles. The van der Waals surface area contributed by atoms with E-state index in [0.717, 1.165) is 36.9 Å². The molecule has 1 N–H and O–H groups in total. The summed E-state index contributed by atoms with van der Waals surface area (Å²) in [5.74, 6) is 0. The maximum absolute atomic E-state index is 11.1. The molecular formula is C8H9N2O. The van der Waals surface area contributed by atoms with Crippen LogP contribution >= 0.6 is 0 Å². The summed E-state index contributed by atoms with van der Waals surface area (Å²) in [4.78, 5) is 17.6. The van der Waals surface area contributed by atoms with Crippen molar-refractivity contribution in [3.05, 3.63) is 27.9 Å². The minimum absolute atomic E-state index is 0.00491. The number of hydrogen-bond acceptors (Lipinski definition) is 2. The molecule has 0 spiro atoms. The van der Waals surface area contributed by atoms with E-state index in [4.69, 9.17) is 0 Å². The van der Waals surface area contributed by atoms with E-state index in [2.05, 4.69) is 16.3 Å². The highest BCUT2D eigenvalue weighted by atomic mass is 16.1. The first-order valence-corrected chi connectivity index (χ1v) is 3.86. The first-order valence-electron chi connectivity index (χ1n) is 3.86. The first kappa shape index (κ1) is 6.58. The van der Waals surface area contributed by atoms with Gasteiger partial charge in [0.25, 0.3) is 5.56 Å². The predicted octanol–water partition coefficient (Wildman–Crippen LogP) is 0.449. The van der Waals surface area contributed by atoms with Crippen LogP contribution in [0.1, 0.15) is 24.1 Å². The van der Waals surface area contributed by atoms with E-state index in [1.807, 2.05) is 0 Å². The van der Waals surface area contributed by atoms with Crippen molar-refractivity contribution in [2.75, 3.05) is 0 Å². The highest BCUT2D eigenvalue weighted by Gasteiger charge is 2.12. The summed E-state index contributed by atoms with van der Waals surface area (Å²) in [6, 6.07) is 0. The zero-order valence-corrected chi connectivity index (χ0v) is 6.18. The van der Waals surface area contributed by atoms with Gasteiger partial charge >= 0.3 is 0 Å². The Labute approximate surface area is 64.5 Å². The van der Waals surface area contributed by atoms with Crippen LogP contribution in [0.5, 0.6) is 0 Å². The largest absolute Gasteiger partial charge is 0.304 e. The molecule has 2 rings (SSSR count). The number of hydrogen-bond donors (Lipinski definition) is 1. The molecule has 1 aliphatic carbocycles. The van der Waals surface area contributed by atoms with E-state index in [-0.39, 0.29) is 5.56 Å². The van der Waals surface area contributed by atoms with E-state index >= 15 is 0 Å². The molecule has 0 unspecified atom stereocenters. The molecule has 0 atom stereocenters. The molecule has 11 heavy (non-hydrogen) atoms. The van der Waals surface area contributed by atoms with Crippen molar-refractivity contribution >= 4 is 0 Å². The summed E-state index contributed by atoms with van der Waals surface area (Å²) >= 11 is 0. The van der Waals surface area contributed by atoms with Crippen LogP contribution < -0.4 is 5.56 Å². The molecule has 1 radical (unpaired) electrons. The van der Waals surface area contributed by atoms with Crippen LogP contribution in [0, 0.1) is 6.33 Å². The van der Waals surface area contributed by atoms with Crippen LogP contribution in [0.25, 0.3) is 0 Å². The highest BCUT2D eigenvalue weighted by molar-refractivity contribution is 5.18. The fourth-order valence-corrected chi connectivity index (χ4v) is 1.48. The van der Waals surface area contributed by atoms with Gasteiger partial charge < -0.3 is 4.98 Å². The molecule has 0 bridgehead atoms. The smallest absolute Gasteiger partial charge is 0.254 e. The van der Waals surface area contributed by atoms with Gasteiger partial charge in [0.2, 0.25) is 0 Å². The average molecular weight is 149 g/mol. The lowest BCUT2D eigenvalue weighted by Gasteiger charge is -2.11. The molecule has 1 aromatic heterocycles. The molecule has 3 nitrogen and oxygen atoms in total. The van der Waals surface area contributed by atoms with Crippen molar-refractivity contribution in [1.29, 1.82) is 0 Å². The number of fused-ring (bicyclic) bond motifs is 1. The number of aromatic nitrogens is 2. The first-order chi connectivity index (χ1) is 5.38.